The first-order valence-electron chi connectivity index (χ1n) is 39.1. The molecule has 3 N–H and O–H groups in total. The van der Waals surface area contributed by atoms with E-state index >= 15 is 4.39 Å². The third kappa shape index (κ3) is 18.3. The summed E-state index contributed by atoms with van der Waals surface area (Å²) in [6.07, 6.45) is 7.91. The highest BCUT2D eigenvalue weighted by molar-refractivity contribution is 9.10. The number of aryl methyl sites for hydroxylation is 6. The minimum absolute atomic E-state index is 0.0817. The molecule has 626 valence electrons. The fraction of sp³-hybridized carbons (Fsp3) is 0.353. The second-order valence-electron chi connectivity index (χ2n) is 32.3. The van der Waals surface area contributed by atoms with Crippen LogP contribution < -0.4 is 49.3 Å². The molecule has 0 spiro atoms. The number of fused-ring (bicyclic) bond motifs is 2. The smallest absolute Gasteiger partial charge is 0.398 e. The molecule has 0 radical (unpaired) electrons. The van der Waals surface area contributed by atoms with Crippen molar-refractivity contribution >= 4 is 109 Å². The molecule has 0 bridgehead atoms. The third-order valence-electron chi connectivity index (χ3n) is 22.5. The highest BCUT2D eigenvalue weighted by Crippen LogP contribution is 2.38. The lowest BCUT2D eigenvalue weighted by atomic mass is 9.84. The van der Waals surface area contributed by atoms with E-state index < -0.39 is 57.5 Å². The van der Waals surface area contributed by atoms with Gasteiger partial charge in [-0.2, -0.15) is 41.1 Å². The summed E-state index contributed by atoms with van der Waals surface area (Å²) in [6, 6.07) is 33.6. The third-order valence-corrected chi connectivity index (χ3v) is 23.3. The first-order chi connectivity index (χ1) is 57.4. The molecule has 4 aliphatic rings. The average molecular weight is 1730 g/mol. The number of aromatic nitrogens is 14. The minimum atomic E-state index is -0.952. The molecule has 4 saturated heterocycles. The molecule has 0 atom stereocenters. The molecule has 0 saturated carbocycles. The van der Waals surface area contributed by atoms with Crippen LogP contribution in [0.4, 0.5) is 43.3 Å². The van der Waals surface area contributed by atoms with Gasteiger partial charge in [0.1, 0.15) is 28.7 Å². The summed E-state index contributed by atoms with van der Waals surface area (Å²) in [5.74, 6) is 0.311. The number of likely N-dealkylation sites (tertiary alicyclic amines) is 3. The number of hydrogen-bond acceptors (Lipinski definition) is 23. The van der Waals surface area contributed by atoms with E-state index in [0.717, 1.165) is 76.0 Å². The van der Waals surface area contributed by atoms with Crippen molar-refractivity contribution < 1.29 is 27.7 Å². The fourth-order valence-electron chi connectivity index (χ4n) is 14.0. The van der Waals surface area contributed by atoms with Crippen LogP contribution in [0.3, 0.4) is 0 Å². The van der Waals surface area contributed by atoms with E-state index in [-0.39, 0.29) is 44.0 Å². The molecule has 16 rings (SSSR count). The highest BCUT2D eigenvalue weighted by Gasteiger charge is 2.53. The van der Waals surface area contributed by atoms with E-state index in [1.165, 1.54) is 80.1 Å². The quantitative estimate of drug-likeness (QED) is 0.0471. The summed E-state index contributed by atoms with van der Waals surface area (Å²) in [5.41, 5.74) is 2.49. The lowest BCUT2D eigenvalue weighted by molar-refractivity contribution is 0.00578. The molecule has 36 heteroatoms. The number of rotatable bonds is 20. The van der Waals surface area contributed by atoms with Crippen molar-refractivity contribution in [1.82, 2.24) is 82.5 Å². The van der Waals surface area contributed by atoms with Gasteiger partial charge in [0.2, 0.25) is 0 Å². The second kappa shape index (κ2) is 34.9. The largest absolute Gasteiger partial charge is 0.516 e. The molecule has 12 heterocycles. The van der Waals surface area contributed by atoms with Crippen LogP contribution in [0.25, 0.3) is 44.2 Å². The Kier molecular flexibility index (Phi) is 25.0. The van der Waals surface area contributed by atoms with Crippen molar-refractivity contribution in [2.75, 3.05) is 55.2 Å². The topological polar surface area (TPSA) is 348 Å². The van der Waals surface area contributed by atoms with E-state index in [1.54, 1.807) is 119 Å². The van der Waals surface area contributed by atoms with Crippen LogP contribution in [0, 0.1) is 34.3 Å². The van der Waals surface area contributed by atoms with Crippen LogP contribution in [-0.4, -0.2) is 153 Å². The van der Waals surface area contributed by atoms with Gasteiger partial charge < -0.3 is 25.3 Å². The standard InChI is InChI=1S/C33H31FN8O3.C20H14BrFN2O2.C19H29BN6O3.C13H17ClN6O/c1-33(2,19-35)21-13-20-9-12-42(32(45)30(20)25(34)14-21)28-8-5-7-23(24(28)18-43)26-16-27(31(44)40(4)37-26)36-29-15-22(39(3)38-29)17-41-10-6-11-41;1-20(2,11-23)13-8-12-6-7-24(19(26)18(12)16(22)9-13)17-5-3-4-15(21)14(17)10-25;1-18(2)19(3,4)29-20(28-18)15-11-14(17(27)25(6)22-15)21-16-10-13(24(5)23-16)12-26-8-7-9-26;1-18-9(8-20-4-3-5-20)6-12(17-18)15-10-7-11(14)16-19(2)13(10)21/h5,7-9,12-16,18H,6,10-11,17H2,1-4H3,(H,36,38);3-10H,1-2H3;10-11H,7-9,12H2,1-6H3,(H,21,23);6-7H,3-5,8H2,1-2H3,(H,15,17). The molecule has 12 aromatic rings. The minimum Gasteiger partial charge on any atom is -0.398 e. The molecule has 121 heavy (non-hydrogen) atoms. The Morgan fingerprint density at radius 3 is 1.30 bits per heavy atom. The molecular formula is C85H91BBrClF2N22O9. The maximum atomic E-state index is 15.4. The van der Waals surface area contributed by atoms with Gasteiger partial charge in [0.05, 0.1) is 90.3 Å². The van der Waals surface area contributed by atoms with Crippen LogP contribution in [-0.2, 0) is 82.1 Å². The number of halogens is 4. The number of nitriles is 2. The molecule has 0 aliphatic carbocycles. The number of anilines is 6. The lowest BCUT2D eigenvalue weighted by Crippen LogP contribution is -2.41. The van der Waals surface area contributed by atoms with Crippen molar-refractivity contribution in [3.63, 3.8) is 0 Å². The van der Waals surface area contributed by atoms with Gasteiger partial charge in [0, 0.05) is 114 Å². The van der Waals surface area contributed by atoms with Gasteiger partial charge in [-0.1, -0.05) is 29.8 Å². The zero-order valence-corrected chi connectivity index (χ0v) is 71.8. The summed E-state index contributed by atoms with van der Waals surface area (Å²) < 4.78 is 54.4. The van der Waals surface area contributed by atoms with E-state index in [1.807, 2.05) is 76.4 Å². The molecule has 0 unspecified atom stereocenters. The highest BCUT2D eigenvalue weighted by atomic mass is 79.9. The van der Waals surface area contributed by atoms with Gasteiger partial charge in [-0.25, -0.2) is 22.8 Å². The van der Waals surface area contributed by atoms with Crippen LogP contribution >= 0.6 is 27.5 Å². The molecular weight excluding hydrogens is 1640 g/mol. The molecule has 4 fully saturated rings. The number of hydrogen-bond donors (Lipinski definition) is 3. The van der Waals surface area contributed by atoms with Crippen molar-refractivity contribution in [2.24, 2.45) is 42.3 Å². The van der Waals surface area contributed by atoms with Crippen LogP contribution in [0.5, 0.6) is 0 Å². The molecule has 4 aromatic carbocycles. The SMILES string of the molecule is CC(C)(C#N)c1cc(F)c2c(=O)n(-c3cccc(Br)c3C=O)ccc2c1.Cn1nc(Nc2cc(-c3cccc(-n4ccc5cc(C(C)(C)C#N)cc(F)c5c4=O)c3C=O)nn(C)c2=O)cc1CN1CCC1.Cn1nc(Nc2cc(B3OC(C)(C)C(C)(C)O3)nn(C)c2=O)cc1CN1CCC1.Cn1nc(Nc2cc(Cl)nn(C)c2=O)cc1CN1CCC1. The maximum Gasteiger partial charge on any atom is 0.516 e. The zero-order valence-electron chi connectivity index (χ0n) is 69.4. The zero-order chi connectivity index (χ0) is 87.1. The average Bonchev–Trinajstić information content (AvgIpc) is 1.61. The van der Waals surface area contributed by atoms with Gasteiger partial charge in [-0.15, -0.1) is 0 Å². The van der Waals surface area contributed by atoms with E-state index in [0.29, 0.717) is 95.9 Å². The van der Waals surface area contributed by atoms with Crippen molar-refractivity contribution in [1.29, 1.82) is 10.5 Å². The monoisotopic (exact) mass is 1730 g/mol. The van der Waals surface area contributed by atoms with E-state index in [4.69, 9.17) is 20.9 Å². The number of nitrogens with zero attached hydrogens (tertiary/aromatic N) is 19. The fourth-order valence-corrected chi connectivity index (χ4v) is 14.7. The Hall–Kier alpha value is -12.2. The number of aldehydes is 2. The normalized spacial score (nSPS) is 15.0. The second-order valence-corrected chi connectivity index (χ2v) is 33.6. The number of benzene rings is 4. The first kappa shape index (κ1) is 86.6. The molecule has 0 amide bonds. The van der Waals surface area contributed by atoms with Crippen molar-refractivity contribution in [3.8, 4) is 34.8 Å². The van der Waals surface area contributed by atoms with Gasteiger partial charge in [-0.05, 0) is 218 Å². The Morgan fingerprint density at radius 2 is 0.893 bits per heavy atom. The number of carbonyl (C=O) groups is 2. The summed E-state index contributed by atoms with van der Waals surface area (Å²) in [7, 11) is 9.72. The van der Waals surface area contributed by atoms with Crippen LogP contribution in [0.1, 0.15) is 124 Å². The Bertz CT molecular complexity index is 6460. The predicted molar refractivity (Wildman–Crippen MR) is 462 cm³/mol. The van der Waals surface area contributed by atoms with Crippen molar-refractivity contribution in [2.45, 2.75) is 116 Å². The molecule has 31 nitrogen and oxygen atoms in total. The van der Waals surface area contributed by atoms with Crippen LogP contribution in [0.15, 0.2) is 150 Å². The van der Waals surface area contributed by atoms with Gasteiger partial charge in [0.25, 0.3) is 27.8 Å². The lowest BCUT2D eigenvalue weighted by Gasteiger charge is -2.32. The van der Waals surface area contributed by atoms with Gasteiger partial charge in [0.15, 0.2) is 35.2 Å². The Morgan fingerprint density at radius 1 is 0.504 bits per heavy atom. The molecule has 8 aromatic heterocycles. The molecule has 4 aliphatic heterocycles. The predicted octanol–water partition coefficient (Wildman–Crippen LogP) is 10.6. The first-order valence-corrected chi connectivity index (χ1v) is 40.3. The van der Waals surface area contributed by atoms with E-state index in [2.05, 4.69) is 89.3 Å². The summed E-state index contributed by atoms with van der Waals surface area (Å²) >= 11 is 9.16. The number of nitrogens with one attached hydrogen (secondary N) is 3. The van der Waals surface area contributed by atoms with E-state index in [9.17, 15) is 48.5 Å². The number of carbonyl (C=O) groups excluding carboxylic acids is 2. The Labute approximate surface area is 708 Å². The maximum absolute atomic E-state index is 15.4. The summed E-state index contributed by atoms with van der Waals surface area (Å²) in [5, 5.41) is 54.8. The number of pyridine rings is 2. The summed E-state index contributed by atoms with van der Waals surface area (Å²) in [4.78, 5) is 95.2. The Balaban J connectivity index is 0.000000145. The van der Waals surface area contributed by atoms with Crippen molar-refractivity contribution in [3.05, 3.63) is 234 Å². The van der Waals surface area contributed by atoms with Gasteiger partial charge >= 0.3 is 7.12 Å². The van der Waals surface area contributed by atoms with Gasteiger partial charge in [-0.3, -0.25) is 71.4 Å². The van der Waals surface area contributed by atoms with Crippen LogP contribution in [0.2, 0.25) is 5.15 Å². The summed E-state index contributed by atoms with van der Waals surface area (Å²) in [6.45, 7) is 23.8.